The number of aliphatic imine (C=N–C) groups is 2. The van der Waals surface area contributed by atoms with Gasteiger partial charge in [-0.25, -0.2) is 20.0 Å². The molecule has 0 amide bonds. The molecule has 8 aromatic rings. The number of para-hydroxylation sites is 2. The molecule has 2 aliphatic rings. The van der Waals surface area contributed by atoms with E-state index in [0.29, 0.717) is 24.9 Å². The van der Waals surface area contributed by atoms with Gasteiger partial charge in [-0.3, -0.25) is 0 Å². The highest BCUT2D eigenvalue weighted by atomic mass is 16.5. The second-order valence-corrected chi connectivity index (χ2v) is 15.0. The van der Waals surface area contributed by atoms with Gasteiger partial charge in [0.1, 0.15) is 23.6 Å². The van der Waals surface area contributed by atoms with E-state index < -0.39 is 0 Å². The van der Waals surface area contributed by atoms with Gasteiger partial charge in [-0.2, -0.15) is 0 Å². The molecule has 0 aliphatic carbocycles. The predicted molar refractivity (Wildman–Crippen MR) is 209 cm³/mol. The highest BCUT2D eigenvalue weighted by Crippen LogP contribution is 2.38. The molecule has 0 bridgehead atoms. The normalized spacial score (nSPS) is 16.4. The summed E-state index contributed by atoms with van der Waals surface area (Å²) < 4.78 is 16.5. The van der Waals surface area contributed by atoms with Crippen LogP contribution in [-0.2, 0) is 9.47 Å². The predicted octanol–water partition coefficient (Wildman–Crippen LogP) is 9.45. The molecular formula is C44H36N6O2. The van der Waals surface area contributed by atoms with Crippen LogP contribution in [0.5, 0.6) is 0 Å². The Kier molecular flexibility index (Phi) is 6.52. The van der Waals surface area contributed by atoms with Gasteiger partial charge >= 0.3 is 0 Å². The number of fused-ring (bicyclic) bond motifs is 6. The smallest absolute Gasteiger partial charge is 0.236 e. The van der Waals surface area contributed by atoms with E-state index in [1.54, 1.807) is 0 Å². The molecule has 0 atom stereocenters. The maximum absolute atomic E-state index is 6.03. The first kappa shape index (κ1) is 30.5. The van der Waals surface area contributed by atoms with Crippen LogP contribution < -0.4 is 0 Å². The van der Waals surface area contributed by atoms with Gasteiger partial charge in [-0.1, -0.05) is 48.5 Å². The number of hydrogen-bond donors (Lipinski definition) is 0. The van der Waals surface area contributed by atoms with Crippen LogP contribution in [0, 0.1) is 0 Å². The fraction of sp³-hybridized carbons (Fsp3) is 0.182. The summed E-state index contributed by atoms with van der Waals surface area (Å²) in [6.07, 6.45) is 3.83. The maximum atomic E-state index is 6.03. The molecule has 0 spiro atoms. The summed E-state index contributed by atoms with van der Waals surface area (Å²) in [5.74, 6) is 1.21. The van der Waals surface area contributed by atoms with E-state index in [-0.39, 0.29) is 11.1 Å². The number of hydrogen-bond acceptors (Lipinski definition) is 6. The Balaban J connectivity index is 1.05. The van der Waals surface area contributed by atoms with Crippen molar-refractivity contribution in [3.8, 4) is 22.5 Å². The number of ether oxygens (including phenoxy) is 2. The van der Waals surface area contributed by atoms with Crippen molar-refractivity contribution in [2.24, 2.45) is 9.98 Å². The number of rotatable bonds is 5. The lowest BCUT2D eigenvalue weighted by atomic mass is 10.0. The quantitative estimate of drug-likeness (QED) is 0.181. The van der Waals surface area contributed by atoms with Crippen LogP contribution >= 0.6 is 0 Å². The molecule has 0 saturated heterocycles. The minimum atomic E-state index is -0.301. The van der Waals surface area contributed by atoms with Gasteiger partial charge in [0.25, 0.3) is 0 Å². The molecule has 8 heteroatoms. The Morgan fingerprint density at radius 2 is 1.08 bits per heavy atom. The van der Waals surface area contributed by atoms with Crippen LogP contribution in [0.3, 0.4) is 0 Å². The molecule has 0 N–H and O–H groups in total. The summed E-state index contributed by atoms with van der Waals surface area (Å²) >= 11 is 0. The van der Waals surface area contributed by atoms with Crippen LogP contribution in [0.2, 0.25) is 0 Å². The SMILES string of the molecule is CC1(C)COC(c2ccc(-n3c4ccccc4c4cc(-c5ccc6c(c5)c5ccccc5n6-c5ccc(C6=NCC(C)(C)O6)nc5)ccc43)cn2)=N1. The van der Waals surface area contributed by atoms with Crippen LogP contribution in [0.1, 0.15) is 39.1 Å². The zero-order chi connectivity index (χ0) is 35.2. The summed E-state index contributed by atoms with van der Waals surface area (Å²) in [6, 6.07) is 38.9. The molecule has 254 valence electrons. The fourth-order valence-electron chi connectivity index (χ4n) is 7.59. The monoisotopic (exact) mass is 680 g/mol. The Morgan fingerprint density at radius 3 is 1.54 bits per heavy atom. The standard InChI is InChI=1S/C44H36N6O2/c1-43(2)26-51-42(48-43)36-18-16-30(24-46-36)50-38-12-8-6-10-32(38)34-22-28(14-20-40(34)50)27-13-19-39-33(21-27)31-9-5-7-11-37(31)49(39)29-15-17-35(45-23-29)41-47-25-44(3,4)52-41/h5-24H,25-26H2,1-4H3. The number of aromatic nitrogens is 4. The van der Waals surface area contributed by atoms with Crippen molar-refractivity contribution in [1.82, 2.24) is 19.1 Å². The number of pyridine rings is 2. The molecule has 4 aromatic carbocycles. The Bertz CT molecular complexity index is 2790. The van der Waals surface area contributed by atoms with Crippen molar-refractivity contribution in [3.63, 3.8) is 0 Å². The third-order valence-electron chi connectivity index (χ3n) is 10.1. The molecule has 4 aromatic heterocycles. The molecule has 8 nitrogen and oxygen atoms in total. The molecule has 52 heavy (non-hydrogen) atoms. The largest absolute Gasteiger partial charge is 0.474 e. The molecule has 2 aliphatic heterocycles. The van der Waals surface area contributed by atoms with Crippen LogP contribution in [-0.4, -0.2) is 55.2 Å². The molecular weight excluding hydrogens is 645 g/mol. The van der Waals surface area contributed by atoms with Gasteiger partial charge in [0, 0.05) is 21.5 Å². The first-order chi connectivity index (χ1) is 25.2. The third kappa shape index (κ3) is 4.89. The molecule has 0 saturated carbocycles. The van der Waals surface area contributed by atoms with Crippen LogP contribution in [0.4, 0.5) is 0 Å². The fourth-order valence-corrected chi connectivity index (χ4v) is 7.59. The van der Waals surface area contributed by atoms with Gasteiger partial charge in [0.2, 0.25) is 11.8 Å². The first-order valence-electron chi connectivity index (χ1n) is 17.7. The molecule has 0 radical (unpaired) electrons. The summed E-state index contributed by atoms with van der Waals surface area (Å²) in [5, 5.41) is 4.77. The number of nitrogens with zero attached hydrogens (tertiary/aromatic N) is 6. The highest BCUT2D eigenvalue weighted by Gasteiger charge is 2.29. The average Bonchev–Trinajstić information content (AvgIpc) is 3.91. The lowest BCUT2D eigenvalue weighted by molar-refractivity contribution is 0.131. The summed E-state index contributed by atoms with van der Waals surface area (Å²) in [6.45, 7) is 9.42. The van der Waals surface area contributed by atoms with Crippen molar-refractivity contribution in [2.75, 3.05) is 13.2 Å². The lowest BCUT2D eigenvalue weighted by Crippen LogP contribution is -2.24. The van der Waals surface area contributed by atoms with Crippen molar-refractivity contribution >= 4 is 55.4 Å². The lowest BCUT2D eigenvalue weighted by Gasteiger charge is -2.17. The minimum absolute atomic E-state index is 0.232. The third-order valence-corrected chi connectivity index (χ3v) is 10.1. The van der Waals surface area contributed by atoms with E-state index in [0.717, 1.165) is 56.0 Å². The van der Waals surface area contributed by atoms with Gasteiger partial charge in [-0.05, 0) is 99.5 Å². The van der Waals surface area contributed by atoms with Crippen LogP contribution in [0.25, 0.3) is 66.1 Å². The van der Waals surface area contributed by atoms with E-state index in [4.69, 9.17) is 24.4 Å². The van der Waals surface area contributed by atoms with Crippen molar-refractivity contribution < 1.29 is 9.47 Å². The van der Waals surface area contributed by atoms with Crippen molar-refractivity contribution in [3.05, 3.63) is 133 Å². The second kappa shape index (κ2) is 11.1. The van der Waals surface area contributed by atoms with E-state index in [9.17, 15) is 0 Å². The summed E-state index contributed by atoms with van der Waals surface area (Å²) in [5.41, 5.74) is 9.79. The maximum Gasteiger partial charge on any atom is 0.236 e. The molecule has 6 heterocycles. The Hall–Kier alpha value is -6.28. The van der Waals surface area contributed by atoms with Crippen molar-refractivity contribution in [2.45, 2.75) is 38.8 Å². The van der Waals surface area contributed by atoms with Gasteiger partial charge in [-0.15, -0.1) is 0 Å². The zero-order valence-electron chi connectivity index (χ0n) is 29.5. The topological polar surface area (TPSA) is 78.8 Å². The van der Waals surface area contributed by atoms with Crippen molar-refractivity contribution in [1.29, 1.82) is 0 Å². The van der Waals surface area contributed by atoms with E-state index in [1.807, 2.05) is 38.4 Å². The summed E-state index contributed by atoms with van der Waals surface area (Å²) in [7, 11) is 0. The first-order valence-corrected chi connectivity index (χ1v) is 17.7. The highest BCUT2D eigenvalue weighted by molar-refractivity contribution is 6.12. The van der Waals surface area contributed by atoms with E-state index in [2.05, 4.69) is 125 Å². The van der Waals surface area contributed by atoms with Crippen LogP contribution in [0.15, 0.2) is 132 Å². The Morgan fingerprint density at radius 1 is 0.558 bits per heavy atom. The summed E-state index contributed by atoms with van der Waals surface area (Å²) in [4.78, 5) is 18.8. The van der Waals surface area contributed by atoms with Gasteiger partial charge in [0.15, 0.2) is 0 Å². The minimum Gasteiger partial charge on any atom is -0.474 e. The van der Waals surface area contributed by atoms with E-state index in [1.165, 1.54) is 21.5 Å². The van der Waals surface area contributed by atoms with E-state index >= 15 is 0 Å². The molecule has 10 rings (SSSR count). The van der Waals surface area contributed by atoms with Gasteiger partial charge < -0.3 is 18.6 Å². The molecule has 0 unspecified atom stereocenters. The average molecular weight is 681 g/mol. The molecule has 0 fully saturated rings. The second-order valence-electron chi connectivity index (χ2n) is 15.0. The zero-order valence-corrected chi connectivity index (χ0v) is 29.5. The van der Waals surface area contributed by atoms with Gasteiger partial charge in [0.05, 0.1) is 57.9 Å². The number of benzene rings is 4. The Labute approximate surface area is 300 Å².